The molecule has 0 atom stereocenters. The Hall–Kier alpha value is -4.02. The molecule has 0 aliphatic carbocycles. The average Bonchev–Trinajstić information content (AvgIpc) is 3.66. The molecule has 0 saturated carbocycles. The zero-order valence-electron chi connectivity index (χ0n) is 21.0. The second-order valence-corrected chi connectivity index (χ2v) is 9.35. The van der Waals surface area contributed by atoms with E-state index in [2.05, 4.69) is 33.5 Å². The number of hydrogen-bond donors (Lipinski definition) is 2. The lowest BCUT2D eigenvalue weighted by molar-refractivity contribution is 0.102. The Morgan fingerprint density at radius 2 is 1.92 bits per heavy atom. The summed E-state index contributed by atoms with van der Waals surface area (Å²) in [6.45, 7) is 8.81. The number of fused-ring (bicyclic) bond motifs is 2. The lowest BCUT2D eigenvalue weighted by Crippen LogP contribution is -2.44. The first-order valence-electron chi connectivity index (χ1n) is 12.9. The van der Waals surface area contributed by atoms with Crippen molar-refractivity contribution in [3.8, 4) is 0 Å². The van der Waals surface area contributed by atoms with Crippen LogP contribution in [-0.4, -0.2) is 72.5 Å². The van der Waals surface area contributed by atoms with E-state index < -0.39 is 0 Å². The van der Waals surface area contributed by atoms with Crippen LogP contribution in [0.1, 0.15) is 28.8 Å². The zero-order chi connectivity index (χ0) is 25.2. The second kappa shape index (κ2) is 10.2. The van der Waals surface area contributed by atoms with Crippen molar-refractivity contribution >= 4 is 28.1 Å². The molecule has 1 aromatic carbocycles. The van der Waals surface area contributed by atoms with Crippen LogP contribution in [0.4, 0.5) is 5.69 Å². The van der Waals surface area contributed by atoms with Crippen LogP contribution >= 0.6 is 0 Å². The predicted molar refractivity (Wildman–Crippen MR) is 143 cm³/mol. The number of anilines is 1. The number of nitrogens with zero attached hydrogens (tertiary/aromatic N) is 7. The van der Waals surface area contributed by atoms with Crippen molar-refractivity contribution in [2.45, 2.75) is 26.4 Å². The molecule has 1 aliphatic rings. The molecular formula is C27H31N9O. The fraction of sp³-hybridized carbons (Fsp3) is 0.333. The molecular weight excluding hydrogens is 466 g/mol. The van der Waals surface area contributed by atoms with Crippen molar-refractivity contribution < 1.29 is 4.79 Å². The van der Waals surface area contributed by atoms with E-state index in [0.29, 0.717) is 12.2 Å². The first-order chi connectivity index (χ1) is 18.2. The van der Waals surface area contributed by atoms with Gasteiger partial charge in [0.15, 0.2) is 0 Å². The number of carbonyl (C=O) groups excluding carboxylic acids is 1. The molecule has 6 rings (SSSR count). The Labute approximate surface area is 214 Å². The molecule has 5 aromatic rings. The number of piperazine rings is 1. The number of carbonyl (C=O) groups is 1. The summed E-state index contributed by atoms with van der Waals surface area (Å²) >= 11 is 0. The lowest BCUT2D eigenvalue weighted by atomic mass is 10.1. The normalized spacial score (nSPS) is 14.5. The number of aromatic nitrogens is 6. The van der Waals surface area contributed by atoms with Crippen LogP contribution in [0.2, 0.25) is 0 Å². The fourth-order valence-corrected chi connectivity index (χ4v) is 5.01. The Morgan fingerprint density at radius 3 is 2.78 bits per heavy atom. The van der Waals surface area contributed by atoms with Gasteiger partial charge in [0.05, 0.1) is 41.9 Å². The van der Waals surface area contributed by atoms with Crippen LogP contribution in [0.25, 0.3) is 16.6 Å². The highest BCUT2D eigenvalue weighted by molar-refractivity contribution is 6.08. The van der Waals surface area contributed by atoms with E-state index in [1.165, 1.54) is 0 Å². The van der Waals surface area contributed by atoms with Gasteiger partial charge in [-0.1, -0.05) is 19.1 Å². The number of pyridine rings is 1. The van der Waals surface area contributed by atoms with Crippen molar-refractivity contribution in [2.24, 2.45) is 0 Å². The summed E-state index contributed by atoms with van der Waals surface area (Å²) in [4.78, 5) is 20.0. The molecule has 1 fully saturated rings. The van der Waals surface area contributed by atoms with Gasteiger partial charge in [0, 0.05) is 50.5 Å². The van der Waals surface area contributed by atoms with Crippen LogP contribution < -0.4 is 10.6 Å². The number of rotatable bonds is 8. The maximum absolute atomic E-state index is 13.2. The van der Waals surface area contributed by atoms with Gasteiger partial charge in [-0.15, -0.1) is 0 Å². The molecule has 10 heteroatoms. The van der Waals surface area contributed by atoms with Crippen LogP contribution in [0.3, 0.4) is 0 Å². The third-order valence-corrected chi connectivity index (χ3v) is 6.95. The Balaban J connectivity index is 1.22. The Bertz CT molecular complexity index is 1540. The third-order valence-electron chi connectivity index (χ3n) is 6.95. The van der Waals surface area contributed by atoms with E-state index in [1.54, 1.807) is 10.6 Å². The monoisotopic (exact) mass is 497 g/mol. The molecule has 2 N–H and O–H groups in total. The third kappa shape index (κ3) is 4.73. The summed E-state index contributed by atoms with van der Waals surface area (Å²) in [6.07, 6.45) is 6.25. The van der Waals surface area contributed by atoms with Crippen molar-refractivity contribution in [1.82, 2.24) is 39.2 Å². The standard InChI is InChI=1S/C27H31N9O/c1-2-21-26-22(30-27(37)24-18-29-25-8-3-4-12-35(24)25)6-5-7-23(26)36(32-21)19-20-9-13-34(31-20)17-16-33-14-10-28-11-15-33/h3-9,12-13,18,28H,2,10-11,14-17,19H2,1H3,(H,30,37). The minimum Gasteiger partial charge on any atom is -0.320 e. The van der Waals surface area contributed by atoms with Gasteiger partial charge in [0.25, 0.3) is 5.91 Å². The Morgan fingerprint density at radius 1 is 1.03 bits per heavy atom. The molecule has 1 aliphatic heterocycles. The summed E-state index contributed by atoms with van der Waals surface area (Å²) in [6, 6.07) is 13.7. The Kier molecular flexibility index (Phi) is 6.42. The number of benzene rings is 1. The largest absolute Gasteiger partial charge is 0.320 e. The first kappa shape index (κ1) is 23.4. The van der Waals surface area contributed by atoms with E-state index in [9.17, 15) is 4.79 Å². The topological polar surface area (TPSA) is 97.3 Å². The maximum atomic E-state index is 13.2. The van der Waals surface area contributed by atoms with Crippen LogP contribution in [0, 0.1) is 0 Å². The van der Waals surface area contributed by atoms with E-state index in [4.69, 9.17) is 10.2 Å². The van der Waals surface area contributed by atoms with Gasteiger partial charge in [-0.25, -0.2) is 4.98 Å². The molecule has 10 nitrogen and oxygen atoms in total. The van der Waals surface area contributed by atoms with E-state index in [-0.39, 0.29) is 5.91 Å². The number of aryl methyl sites for hydroxylation is 1. The smallest absolute Gasteiger partial charge is 0.274 e. The summed E-state index contributed by atoms with van der Waals surface area (Å²) < 4.78 is 5.80. The molecule has 37 heavy (non-hydrogen) atoms. The van der Waals surface area contributed by atoms with Gasteiger partial charge in [0.2, 0.25) is 0 Å². The van der Waals surface area contributed by atoms with Gasteiger partial charge in [-0.2, -0.15) is 10.2 Å². The molecule has 1 saturated heterocycles. The lowest BCUT2D eigenvalue weighted by Gasteiger charge is -2.26. The van der Waals surface area contributed by atoms with Gasteiger partial charge in [-0.05, 0) is 36.8 Å². The summed E-state index contributed by atoms with van der Waals surface area (Å²) in [5, 5.41) is 17.2. The average molecular weight is 498 g/mol. The van der Waals surface area contributed by atoms with Gasteiger partial charge in [0.1, 0.15) is 11.3 Å². The molecule has 0 radical (unpaired) electrons. The van der Waals surface area contributed by atoms with Crippen LogP contribution in [0.15, 0.2) is 61.1 Å². The maximum Gasteiger partial charge on any atom is 0.274 e. The van der Waals surface area contributed by atoms with Crippen molar-refractivity contribution in [1.29, 1.82) is 0 Å². The fourth-order valence-electron chi connectivity index (χ4n) is 5.01. The molecule has 0 unspecified atom stereocenters. The number of nitrogens with one attached hydrogen (secondary N) is 2. The predicted octanol–water partition coefficient (Wildman–Crippen LogP) is 2.65. The summed E-state index contributed by atoms with van der Waals surface area (Å²) in [7, 11) is 0. The number of imidazole rings is 1. The highest BCUT2D eigenvalue weighted by Gasteiger charge is 2.18. The first-order valence-corrected chi connectivity index (χ1v) is 12.9. The molecule has 0 spiro atoms. The van der Waals surface area contributed by atoms with Crippen molar-refractivity contribution in [3.05, 3.63) is 78.1 Å². The van der Waals surface area contributed by atoms with E-state index in [1.807, 2.05) is 58.2 Å². The molecule has 1 amide bonds. The van der Waals surface area contributed by atoms with Gasteiger partial charge in [-0.3, -0.25) is 23.5 Å². The van der Waals surface area contributed by atoms with E-state index in [0.717, 1.165) is 79.3 Å². The second-order valence-electron chi connectivity index (χ2n) is 9.35. The van der Waals surface area contributed by atoms with Gasteiger partial charge >= 0.3 is 0 Å². The highest BCUT2D eigenvalue weighted by Crippen LogP contribution is 2.28. The summed E-state index contributed by atoms with van der Waals surface area (Å²) in [5.74, 6) is -0.204. The van der Waals surface area contributed by atoms with Crippen LogP contribution in [0.5, 0.6) is 0 Å². The number of amides is 1. The SMILES string of the molecule is CCc1nn(Cc2ccn(CCN3CCNCC3)n2)c2cccc(NC(=O)c3cnc4ccccn34)c12. The minimum atomic E-state index is -0.204. The molecule has 5 heterocycles. The van der Waals surface area contributed by atoms with Gasteiger partial charge < -0.3 is 10.6 Å². The summed E-state index contributed by atoms with van der Waals surface area (Å²) in [5.41, 5.74) is 4.86. The van der Waals surface area contributed by atoms with Crippen LogP contribution in [-0.2, 0) is 19.5 Å². The van der Waals surface area contributed by atoms with E-state index >= 15 is 0 Å². The zero-order valence-corrected chi connectivity index (χ0v) is 21.0. The highest BCUT2D eigenvalue weighted by atomic mass is 16.2. The number of hydrogen-bond acceptors (Lipinski definition) is 6. The molecule has 0 bridgehead atoms. The molecule has 190 valence electrons. The minimum absolute atomic E-state index is 0.204. The van der Waals surface area contributed by atoms with Crippen molar-refractivity contribution in [3.63, 3.8) is 0 Å². The van der Waals surface area contributed by atoms with Crippen molar-refractivity contribution in [2.75, 3.05) is 38.0 Å². The molecule has 4 aromatic heterocycles. The quantitative estimate of drug-likeness (QED) is 0.342.